The summed E-state index contributed by atoms with van der Waals surface area (Å²) in [6.45, 7) is 5.36. The summed E-state index contributed by atoms with van der Waals surface area (Å²) in [4.78, 5) is 17.2. The number of carbonyl (C=O) groups excluding carboxylic acids is 1. The quantitative estimate of drug-likeness (QED) is 0.125. The van der Waals surface area contributed by atoms with Crippen molar-refractivity contribution in [3.8, 4) is 11.5 Å². The molecule has 0 saturated heterocycles. The number of hydrazone groups is 1. The highest BCUT2D eigenvalue weighted by Gasteiger charge is 2.08. The number of thiazole rings is 1. The predicted molar refractivity (Wildman–Crippen MR) is 149 cm³/mol. The van der Waals surface area contributed by atoms with E-state index >= 15 is 0 Å². The summed E-state index contributed by atoms with van der Waals surface area (Å²) < 4.78 is 13.8. The molecule has 0 saturated carbocycles. The summed E-state index contributed by atoms with van der Waals surface area (Å²) in [6.07, 6.45) is 3.42. The molecule has 8 heteroatoms. The SMILES string of the molecule is CCCOc1ccc(C=NNC(=O)c2ccc(CSc3nc4ccccc4s3)cc2)c(OCCC)c1. The van der Waals surface area contributed by atoms with E-state index in [1.54, 1.807) is 29.3 Å². The number of amides is 1. The van der Waals surface area contributed by atoms with E-state index in [2.05, 4.69) is 35.4 Å². The summed E-state index contributed by atoms with van der Waals surface area (Å²) in [5, 5.41) is 4.14. The first-order valence-electron chi connectivity index (χ1n) is 12.0. The maximum Gasteiger partial charge on any atom is 0.271 e. The molecule has 1 heterocycles. The zero-order chi connectivity index (χ0) is 25.2. The van der Waals surface area contributed by atoms with Crippen LogP contribution in [-0.4, -0.2) is 30.3 Å². The van der Waals surface area contributed by atoms with Gasteiger partial charge in [-0.25, -0.2) is 10.4 Å². The summed E-state index contributed by atoms with van der Waals surface area (Å²) in [5.74, 6) is 1.96. The Morgan fingerprint density at radius 3 is 2.58 bits per heavy atom. The fourth-order valence-electron chi connectivity index (χ4n) is 3.30. The van der Waals surface area contributed by atoms with Gasteiger partial charge in [-0.1, -0.05) is 49.9 Å². The van der Waals surface area contributed by atoms with Gasteiger partial charge in [0, 0.05) is 22.9 Å². The first-order valence-corrected chi connectivity index (χ1v) is 13.8. The molecule has 0 radical (unpaired) electrons. The molecule has 1 aromatic heterocycles. The van der Waals surface area contributed by atoms with E-state index in [-0.39, 0.29) is 5.91 Å². The van der Waals surface area contributed by atoms with Crippen LogP contribution in [0.3, 0.4) is 0 Å². The van der Waals surface area contributed by atoms with Gasteiger partial charge in [0.25, 0.3) is 5.91 Å². The van der Waals surface area contributed by atoms with Gasteiger partial charge in [-0.05, 0) is 54.8 Å². The molecule has 0 spiro atoms. The molecule has 6 nitrogen and oxygen atoms in total. The van der Waals surface area contributed by atoms with E-state index in [4.69, 9.17) is 9.47 Å². The second-order valence-corrected chi connectivity index (χ2v) is 10.3. The largest absolute Gasteiger partial charge is 0.493 e. The number of rotatable bonds is 12. The number of thioether (sulfide) groups is 1. The lowest BCUT2D eigenvalue weighted by Gasteiger charge is -2.11. The lowest BCUT2D eigenvalue weighted by molar-refractivity contribution is 0.0955. The van der Waals surface area contributed by atoms with E-state index in [1.165, 1.54) is 4.70 Å². The first-order chi connectivity index (χ1) is 17.7. The van der Waals surface area contributed by atoms with Crippen LogP contribution in [-0.2, 0) is 5.75 Å². The average molecular weight is 520 g/mol. The molecule has 0 bridgehead atoms. The van der Waals surface area contributed by atoms with E-state index in [0.717, 1.165) is 45.3 Å². The zero-order valence-corrected chi connectivity index (χ0v) is 22.0. The van der Waals surface area contributed by atoms with Crippen LogP contribution in [0.5, 0.6) is 11.5 Å². The van der Waals surface area contributed by atoms with Gasteiger partial charge in [0.1, 0.15) is 11.5 Å². The van der Waals surface area contributed by atoms with Crippen LogP contribution in [0.25, 0.3) is 10.2 Å². The molecule has 1 N–H and O–H groups in total. The highest BCUT2D eigenvalue weighted by molar-refractivity contribution is 8.00. The van der Waals surface area contributed by atoms with Gasteiger partial charge >= 0.3 is 0 Å². The number of nitrogens with one attached hydrogen (secondary N) is 1. The summed E-state index contributed by atoms with van der Waals surface area (Å²) >= 11 is 3.40. The van der Waals surface area contributed by atoms with E-state index < -0.39 is 0 Å². The Morgan fingerprint density at radius 1 is 1.03 bits per heavy atom. The molecule has 36 heavy (non-hydrogen) atoms. The minimum absolute atomic E-state index is 0.268. The number of benzene rings is 3. The molecule has 0 unspecified atom stereocenters. The topological polar surface area (TPSA) is 72.8 Å². The summed E-state index contributed by atoms with van der Waals surface area (Å²) in [5.41, 5.74) is 6.08. The van der Waals surface area contributed by atoms with Crippen molar-refractivity contribution in [2.45, 2.75) is 36.8 Å². The van der Waals surface area contributed by atoms with Gasteiger partial charge in [-0.3, -0.25) is 4.79 Å². The number of para-hydroxylation sites is 1. The molecule has 0 aliphatic carbocycles. The molecule has 0 fully saturated rings. The number of carbonyl (C=O) groups is 1. The maximum absolute atomic E-state index is 12.6. The molecule has 1 amide bonds. The van der Waals surface area contributed by atoms with Crippen molar-refractivity contribution >= 4 is 45.4 Å². The fraction of sp³-hybridized carbons (Fsp3) is 0.250. The number of ether oxygens (including phenoxy) is 2. The van der Waals surface area contributed by atoms with Gasteiger partial charge in [0.05, 0.1) is 29.6 Å². The van der Waals surface area contributed by atoms with Crippen molar-refractivity contribution in [2.75, 3.05) is 13.2 Å². The van der Waals surface area contributed by atoms with Gasteiger partial charge in [0.15, 0.2) is 4.34 Å². The van der Waals surface area contributed by atoms with Crippen LogP contribution < -0.4 is 14.9 Å². The zero-order valence-electron chi connectivity index (χ0n) is 20.4. The number of aromatic nitrogens is 1. The third-order valence-electron chi connectivity index (χ3n) is 5.14. The van der Waals surface area contributed by atoms with Gasteiger partial charge < -0.3 is 9.47 Å². The Hall–Kier alpha value is -3.36. The van der Waals surface area contributed by atoms with Crippen LogP contribution in [0.15, 0.2) is 76.2 Å². The molecule has 4 rings (SSSR count). The molecule has 0 atom stereocenters. The van der Waals surface area contributed by atoms with Crippen molar-refractivity contribution in [3.05, 3.63) is 83.4 Å². The average Bonchev–Trinajstić information content (AvgIpc) is 3.33. The van der Waals surface area contributed by atoms with Gasteiger partial charge in [0.2, 0.25) is 0 Å². The fourth-order valence-corrected chi connectivity index (χ4v) is 5.33. The normalized spacial score (nSPS) is 11.2. The molecular formula is C28H29N3O3S2. The molecule has 186 valence electrons. The summed E-state index contributed by atoms with van der Waals surface area (Å²) in [7, 11) is 0. The number of hydrogen-bond donors (Lipinski definition) is 1. The van der Waals surface area contributed by atoms with Crippen LogP contribution in [0.1, 0.15) is 48.2 Å². The third-order valence-corrected chi connectivity index (χ3v) is 7.39. The second-order valence-electron chi connectivity index (χ2n) is 8.03. The third kappa shape index (κ3) is 7.08. The van der Waals surface area contributed by atoms with Crippen LogP contribution >= 0.6 is 23.1 Å². The highest BCUT2D eigenvalue weighted by atomic mass is 32.2. The lowest BCUT2D eigenvalue weighted by Crippen LogP contribution is -2.17. The second kappa shape index (κ2) is 13.1. The first kappa shape index (κ1) is 25.7. The molecule has 3 aromatic carbocycles. The Kier molecular flexibility index (Phi) is 9.35. The van der Waals surface area contributed by atoms with E-state index in [0.29, 0.717) is 24.5 Å². The van der Waals surface area contributed by atoms with Crippen LogP contribution in [0, 0.1) is 0 Å². The van der Waals surface area contributed by atoms with Gasteiger partial charge in [-0.15, -0.1) is 11.3 Å². The number of nitrogens with zero attached hydrogens (tertiary/aromatic N) is 2. The van der Waals surface area contributed by atoms with Crippen LogP contribution in [0.4, 0.5) is 0 Å². The minimum atomic E-state index is -0.268. The standard InChI is InChI=1S/C28H29N3O3S2/c1-3-15-33-23-14-13-22(25(17-23)34-16-4-2)18-29-31-27(32)21-11-9-20(10-12-21)19-35-28-30-24-7-5-6-8-26(24)36-28/h5-14,17-18H,3-4,15-16,19H2,1-2H3,(H,31,32). The van der Waals surface area contributed by atoms with E-state index in [1.807, 2.05) is 60.7 Å². The van der Waals surface area contributed by atoms with Crippen LogP contribution in [0.2, 0.25) is 0 Å². The molecule has 0 aliphatic rings. The Bertz CT molecular complexity index is 1290. The highest BCUT2D eigenvalue weighted by Crippen LogP contribution is 2.31. The van der Waals surface area contributed by atoms with E-state index in [9.17, 15) is 4.79 Å². The predicted octanol–water partition coefficient (Wildman–Crippen LogP) is 6.93. The summed E-state index contributed by atoms with van der Waals surface area (Å²) in [6, 6.07) is 21.3. The van der Waals surface area contributed by atoms with Crippen molar-refractivity contribution in [3.63, 3.8) is 0 Å². The van der Waals surface area contributed by atoms with Crippen molar-refractivity contribution < 1.29 is 14.3 Å². The lowest BCUT2D eigenvalue weighted by atomic mass is 10.1. The number of hydrogen-bond acceptors (Lipinski definition) is 7. The molecule has 0 aliphatic heterocycles. The van der Waals surface area contributed by atoms with Crippen molar-refractivity contribution in [2.24, 2.45) is 5.10 Å². The Balaban J connectivity index is 1.33. The van der Waals surface area contributed by atoms with Gasteiger partial charge in [-0.2, -0.15) is 5.10 Å². The van der Waals surface area contributed by atoms with Crippen molar-refractivity contribution in [1.29, 1.82) is 0 Å². The van der Waals surface area contributed by atoms with Crippen molar-refractivity contribution in [1.82, 2.24) is 10.4 Å². The minimum Gasteiger partial charge on any atom is -0.493 e. The Labute approximate surface area is 219 Å². The molecule has 4 aromatic rings. The molecular weight excluding hydrogens is 490 g/mol. The Morgan fingerprint density at radius 2 is 1.81 bits per heavy atom. The monoisotopic (exact) mass is 519 g/mol. The maximum atomic E-state index is 12.6. The smallest absolute Gasteiger partial charge is 0.271 e. The number of fused-ring (bicyclic) bond motifs is 1.